The van der Waals surface area contributed by atoms with Gasteiger partial charge in [0.15, 0.2) is 0 Å². The number of amides is 1. The van der Waals surface area contributed by atoms with Crippen molar-refractivity contribution >= 4 is 33.6 Å². The molecular formula is C20H16BrNO2. The average molecular weight is 382 g/mol. The Bertz CT molecular complexity index is 882. The molecule has 0 fully saturated rings. The number of rotatable bonds is 4. The molecule has 0 spiro atoms. The Balaban J connectivity index is 1.69. The van der Waals surface area contributed by atoms with E-state index in [1.54, 1.807) is 6.08 Å². The lowest BCUT2D eigenvalue weighted by molar-refractivity contribution is -0.111. The van der Waals surface area contributed by atoms with Gasteiger partial charge in [-0.3, -0.25) is 4.79 Å². The number of hydrogen-bond donors (Lipinski definition) is 1. The predicted octanol–water partition coefficient (Wildman–Crippen LogP) is 5.67. The summed E-state index contributed by atoms with van der Waals surface area (Å²) >= 11 is 3.45. The molecule has 0 aliphatic rings. The smallest absolute Gasteiger partial charge is 0.248 e. The Morgan fingerprint density at radius 2 is 1.83 bits per heavy atom. The van der Waals surface area contributed by atoms with Gasteiger partial charge in [-0.1, -0.05) is 52.3 Å². The average Bonchev–Trinajstić information content (AvgIpc) is 3.07. The summed E-state index contributed by atoms with van der Waals surface area (Å²) in [6.45, 7) is 1.95. The zero-order chi connectivity index (χ0) is 16.9. The van der Waals surface area contributed by atoms with Crippen LogP contribution in [0.25, 0.3) is 17.4 Å². The van der Waals surface area contributed by atoms with Gasteiger partial charge in [-0.2, -0.15) is 0 Å². The van der Waals surface area contributed by atoms with Crippen LogP contribution in [0.15, 0.2) is 75.6 Å². The number of carbonyl (C=O) groups excluding carboxylic acids is 1. The molecule has 0 radical (unpaired) electrons. The fourth-order valence-corrected chi connectivity index (χ4v) is 2.64. The number of furan rings is 1. The van der Waals surface area contributed by atoms with Crippen LogP contribution < -0.4 is 5.32 Å². The Kier molecular flexibility index (Phi) is 4.96. The summed E-state index contributed by atoms with van der Waals surface area (Å²) in [5, 5.41) is 2.86. The number of carbonyl (C=O) groups is 1. The minimum Gasteiger partial charge on any atom is -0.457 e. The van der Waals surface area contributed by atoms with Crippen LogP contribution in [0, 0.1) is 6.92 Å². The zero-order valence-electron chi connectivity index (χ0n) is 13.1. The van der Waals surface area contributed by atoms with Crippen molar-refractivity contribution in [3.05, 3.63) is 82.5 Å². The van der Waals surface area contributed by atoms with Crippen LogP contribution in [-0.4, -0.2) is 5.91 Å². The Labute approximate surface area is 149 Å². The van der Waals surface area contributed by atoms with Crippen molar-refractivity contribution in [2.24, 2.45) is 0 Å². The van der Waals surface area contributed by atoms with E-state index in [0.717, 1.165) is 27.0 Å². The second-order valence-corrected chi connectivity index (χ2v) is 6.16. The van der Waals surface area contributed by atoms with E-state index in [1.807, 2.05) is 67.6 Å². The fourth-order valence-electron chi connectivity index (χ4n) is 2.28. The maximum Gasteiger partial charge on any atom is 0.248 e. The maximum atomic E-state index is 12.1. The van der Waals surface area contributed by atoms with Crippen LogP contribution in [0.5, 0.6) is 0 Å². The molecular weight excluding hydrogens is 366 g/mol. The summed E-state index contributed by atoms with van der Waals surface area (Å²) in [6, 6.07) is 19.3. The quantitative estimate of drug-likeness (QED) is 0.591. The number of halogens is 1. The van der Waals surface area contributed by atoms with Gasteiger partial charge in [0.2, 0.25) is 5.91 Å². The first-order valence-electron chi connectivity index (χ1n) is 7.53. The largest absolute Gasteiger partial charge is 0.457 e. The molecule has 3 nitrogen and oxygen atoms in total. The highest BCUT2D eigenvalue weighted by Crippen LogP contribution is 2.24. The Morgan fingerprint density at radius 1 is 1.04 bits per heavy atom. The molecule has 3 aromatic rings. The lowest BCUT2D eigenvalue weighted by Crippen LogP contribution is -2.08. The number of anilines is 1. The van der Waals surface area contributed by atoms with E-state index in [4.69, 9.17) is 4.42 Å². The van der Waals surface area contributed by atoms with Crippen molar-refractivity contribution in [1.29, 1.82) is 0 Å². The molecule has 0 atom stereocenters. The molecule has 0 saturated carbocycles. The monoisotopic (exact) mass is 381 g/mol. The third-order valence-corrected chi connectivity index (χ3v) is 4.47. The van der Waals surface area contributed by atoms with Gasteiger partial charge in [-0.05, 0) is 42.8 Å². The predicted molar refractivity (Wildman–Crippen MR) is 101 cm³/mol. The van der Waals surface area contributed by atoms with E-state index in [0.29, 0.717) is 5.76 Å². The van der Waals surface area contributed by atoms with Gasteiger partial charge in [0, 0.05) is 21.8 Å². The van der Waals surface area contributed by atoms with Crippen LogP contribution in [0.4, 0.5) is 5.69 Å². The topological polar surface area (TPSA) is 42.2 Å². The van der Waals surface area contributed by atoms with Gasteiger partial charge < -0.3 is 9.73 Å². The van der Waals surface area contributed by atoms with Crippen molar-refractivity contribution in [2.45, 2.75) is 6.92 Å². The van der Waals surface area contributed by atoms with Crippen LogP contribution in [0.3, 0.4) is 0 Å². The molecule has 1 heterocycles. The molecule has 0 unspecified atom stereocenters. The molecule has 0 bridgehead atoms. The molecule has 1 amide bonds. The summed E-state index contributed by atoms with van der Waals surface area (Å²) in [6.07, 6.45) is 3.13. The zero-order valence-corrected chi connectivity index (χ0v) is 14.7. The van der Waals surface area contributed by atoms with Crippen LogP contribution in [0.1, 0.15) is 11.3 Å². The maximum absolute atomic E-state index is 12.1. The molecule has 120 valence electrons. The van der Waals surface area contributed by atoms with Crippen molar-refractivity contribution in [3.63, 3.8) is 0 Å². The van der Waals surface area contributed by atoms with Crippen LogP contribution in [0.2, 0.25) is 0 Å². The SMILES string of the molecule is Cc1c(Br)cccc1NC(=O)/C=C/c1ccc(-c2ccccc2)o1. The third-order valence-electron chi connectivity index (χ3n) is 3.61. The molecule has 3 rings (SSSR count). The highest BCUT2D eigenvalue weighted by atomic mass is 79.9. The highest BCUT2D eigenvalue weighted by Gasteiger charge is 2.05. The van der Waals surface area contributed by atoms with Crippen molar-refractivity contribution < 1.29 is 9.21 Å². The number of nitrogens with one attached hydrogen (secondary N) is 1. The van der Waals surface area contributed by atoms with Gasteiger partial charge in [0.25, 0.3) is 0 Å². The van der Waals surface area contributed by atoms with E-state index in [-0.39, 0.29) is 5.91 Å². The normalized spacial score (nSPS) is 10.9. The van der Waals surface area contributed by atoms with Crippen molar-refractivity contribution in [3.8, 4) is 11.3 Å². The highest BCUT2D eigenvalue weighted by molar-refractivity contribution is 9.10. The molecule has 24 heavy (non-hydrogen) atoms. The summed E-state index contributed by atoms with van der Waals surface area (Å²) < 4.78 is 6.70. The van der Waals surface area contributed by atoms with Crippen molar-refractivity contribution in [1.82, 2.24) is 0 Å². The molecule has 0 saturated heterocycles. The third kappa shape index (κ3) is 3.84. The fraction of sp³-hybridized carbons (Fsp3) is 0.0500. The number of hydrogen-bond acceptors (Lipinski definition) is 2. The van der Waals surface area contributed by atoms with E-state index in [9.17, 15) is 4.79 Å². The number of benzene rings is 2. The minimum atomic E-state index is -0.200. The molecule has 0 aliphatic carbocycles. The Hall–Kier alpha value is -2.59. The lowest BCUT2D eigenvalue weighted by atomic mass is 10.2. The molecule has 1 N–H and O–H groups in total. The van der Waals surface area contributed by atoms with Gasteiger partial charge in [0.05, 0.1) is 0 Å². The first-order valence-corrected chi connectivity index (χ1v) is 8.32. The van der Waals surface area contributed by atoms with E-state index in [1.165, 1.54) is 6.08 Å². The first kappa shape index (κ1) is 16.3. The minimum absolute atomic E-state index is 0.200. The molecule has 1 aromatic heterocycles. The molecule has 0 aliphatic heterocycles. The van der Waals surface area contributed by atoms with E-state index in [2.05, 4.69) is 21.2 Å². The van der Waals surface area contributed by atoms with Gasteiger partial charge in [-0.25, -0.2) is 0 Å². The van der Waals surface area contributed by atoms with Gasteiger partial charge in [0.1, 0.15) is 11.5 Å². The standard InChI is InChI=1S/C20H16BrNO2/c1-14-17(21)8-5-9-18(14)22-20(23)13-11-16-10-12-19(24-16)15-6-3-2-4-7-15/h2-13H,1H3,(H,22,23)/b13-11+. The lowest BCUT2D eigenvalue weighted by Gasteiger charge is -2.07. The molecule has 2 aromatic carbocycles. The molecule has 4 heteroatoms. The summed E-state index contributed by atoms with van der Waals surface area (Å²) in [5.41, 5.74) is 2.78. The van der Waals surface area contributed by atoms with Crippen LogP contribution in [-0.2, 0) is 4.79 Å². The summed E-state index contributed by atoms with van der Waals surface area (Å²) in [7, 11) is 0. The second kappa shape index (κ2) is 7.32. The van der Waals surface area contributed by atoms with E-state index >= 15 is 0 Å². The van der Waals surface area contributed by atoms with Gasteiger partial charge in [-0.15, -0.1) is 0 Å². The second-order valence-electron chi connectivity index (χ2n) is 5.30. The van der Waals surface area contributed by atoms with E-state index < -0.39 is 0 Å². The van der Waals surface area contributed by atoms with Crippen LogP contribution >= 0.6 is 15.9 Å². The summed E-state index contributed by atoms with van der Waals surface area (Å²) in [4.78, 5) is 12.1. The summed E-state index contributed by atoms with van der Waals surface area (Å²) in [5.74, 6) is 1.21. The van der Waals surface area contributed by atoms with Gasteiger partial charge >= 0.3 is 0 Å². The Morgan fingerprint density at radius 3 is 2.62 bits per heavy atom. The first-order chi connectivity index (χ1) is 11.6. The van der Waals surface area contributed by atoms with Crippen molar-refractivity contribution in [2.75, 3.05) is 5.32 Å².